The Morgan fingerprint density at radius 1 is 1.23 bits per heavy atom. The van der Waals surface area contributed by atoms with Gasteiger partial charge in [-0.05, 0) is 49.3 Å². The molecule has 1 aromatic carbocycles. The zero-order valence-electron chi connectivity index (χ0n) is 8.77. The smallest absolute Gasteiger partial charge is 0.0173 e. The zero-order chi connectivity index (χ0) is 10.0. The van der Waals surface area contributed by atoms with E-state index in [1.165, 1.54) is 27.1 Å². The van der Waals surface area contributed by atoms with E-state index in [4.69, 9.17) is 0 Å². The van der Waals surface area contributed by atoms with Gasteiger partial charge in [-0.15, -0.1) is 11.8 Å². The first-order valence-corrected chi connectivity index (χ1v) is 5.61. The summed E-state index contributed by atoms with van der Waals surface area (Å²) in [4.78, 5) is 1.36. The highest BCUT2D eigenvalue weighted by molar-refractivity contribution is 7.98. The van der Waals surface area contributed by atoms with Gasteiger partial charge in [-0.25, -0.2) is 0 Å². The van der Waals surface area contributed by atoms with Crippen molar-refractivity contribution in [2.45, 2.75) is 25.7 Å². The van der Waals surface area contributed by atoms with E-state index in [9.17, 15) is 0 Å². The lowest BCUT2D eigenvalue weighted by Crippen LogP contribution is -1.92. The molecule has 0 saturated heterocycles. The summed E-state index contributed by atoms with van der Waals surface area (Å²) in [7, 11) is 0. The number of hydrogen-bond donors (Lipinski definition) is 0. The van der Waals surface area contributed by atoms with Gasteiger partial charge in [0.05, 0.1) is 0 Å². The molecule has 0 N–H and O–H groups in total. The van der Waals surface area contributed by atoms with Crippen LogP contribution >= 0.6 is 11.8 Å². The fourth-order valence-electron chi connectivity index (χ4n) is 1.51. The summed E-state index contributed by atoms with van der Waals surface area (Å²) >= 11 is 1.80. The molecule has 0 aliphatic carbocycles. The number of hydrogen-bond acceptors (Lipinski definition) is 1. The highest BCUT2D eigenvalue weighted by Crippen LogP contribution is 2.29. The minimum atomic E-state index is 1.26. The second-order valence-corrected chi connectivity index (χ2v) is 4.09. The normalized spacial score (nSPS) is 10.2. The third-order valence-corrected chi connectivity index (χ3v) is 3.50. The molecule has 0 nitrogen and oxygen atoms in total. The average molecular weight is 192 g/mol. The van der Waals surface area contributed by atoms with E-state index in [0.717, 1.165) is 0 Å². The first kappa shape index (κ1) is 10.4. The van der Waals surface area contributed by atoms with Gasteiger partial charge in [-0.2, -0.15) is 0 Å². The van der Waals surface area contributed by atoms with Crippen molar-refractivity contribution in [3.8, 4) is 0 Å². The van der Waals surface area contributed by atoms with Gasteiger partial charge in [-0.1, -0.05) is 18.7 Å². The fraction of sp³-hybridized carbons (Fsp3) is 0.333. The van der Waals surface area contributed by atoms with Crippen molar-refractivity contribution >= 4 is 17.8 Å². The maximum absolute atomic E-state index is 3.84. The third-order valence-electron chi connectivity index (χ3n) is 2.55. The molecule has 0 heterocycles. The van der Waals surface area contributed by atoms with Crippen molar-refractivity contribution in [2.24, 2.45) is 0 Å². The largest absolute Gasteiger partial charge is 0.129 e. The standard InChI is InChI=1S/C12H16S/c1-6-11-7-8(2)9(3)10(4)12(11)13-5/h6-7H,1H2,2-5H3. The van der Waals surface area contributed by atoms with Gasteiger partial charge in [0.2, 0.25) is 0 Å². The molecule has 0 bridgehead atoms. The van der Waals surface area contributed by atoms with E-state index in [1.807, 2.05) is 6.08 Å². The Labute approximate surface area is 85.1 Å². The zero-order valence-corrected chi connectivity index (χ0v) is 9.59. The van der Waals surface area contributed by atoms with Crippen LogP contribution in [0.3, 0.4) is 0 Å². The predicted octanol–water partition coefficient (Wildman–Crippen LogP) is 3.98. The SMILES string of the molecule is C=Cc1cc(C)c(C)c(C)c1SC. The number of rotatable bonds is 2. The molecule has 1 rings (SSSR count). The highest BCUT2D eigenvalue weighted by Gasteiger charge is 2.06. The minimum absolute atomic E-state index is 1.26. The van der Waals surface area contributed by atoms with E-state index in [-0.39, 0.29) is 0 Å². The first-order valence-electron chi connectivity index (χ1n) is 4.39. The lowest BCUT2D eigenvalue weighted by molar-refractivity contribution is 1.18. The van der Waals surface area contributed by atoms with Gasteiger partial charge in [0.25, 0.3) is 0 Å². The molecule has 0 amide bonds. The third kappa shape index (κ3) is 1.80. The Morgan fingerprint density at radius 3 is 2.31 bits per heavy atom. The second-order valence-electron chi connectivity index (χ2n) is 3.27. The van der Waals surface area contributed by atoms with E-state index in [1.54, 1.807) is 11.8 Å². The molecule has 0 aliphatic heterocycles. The van der Waals surface area contributed by atoms with Crippen LogP contribution in [0.4, 0.5) is 0 Å². The molecule has 0 fully saturated rings. The quantitative estimate of drug-likeness (QED) is 0.639. The highest BCUT2D eigenvalue weighted by atomic mass is 32.2. The van der Waals surface area contributed by atoms with Gasteiger partial charge in [0.1, 0.15) is 0 Å². The van der Waals surface area contributed by atoms with Crippen LogP contribution in [0, 0.1) is 20.8 Å². The maximum Gasteiger partial charge on any atom is 0.0173 e. The van der Waals surface area contributed by atoms with Crippen LogP contribution in [-0.2, 0) is 0 Å². The Kier molecular flexibility index (Phi) is 3.21. The maximum atomic E-state index is 3.84. The summed E-state index contributed by atoms with van der Waals surface area (Å²) in [6, 6.07) is 2.21. The lowest BCUT2D eigenvalue weighted by atomic mass is 10.0. The van der Waals surface area contributed by atoms with E-state index >= 15 is 0 Å². The van der Waals surface area contributed by atoms with Crippen molar-refractivity contribution in [2.75, 3.05) is 6.26 Å². The molecular formula is C12H16S. The summed E-state index contributed by atoms with van der Waals surface area (Å²) in [5, 5.41) is 0. The lowest BCUT2D eigenvalue weighted by Gasteiger charge is -2.12. The Balaban J connectivity index is 3.47. The Morgan fingerprint density at radius 2 is 1.85 bits per heavy atom. The number of thioether (sulfide) groups is 1. The molecule has 0 radical (unpaired) electrons. The van der Waals surface area contributed by atoms with Crippen LogP contribution in [0.25, 0.3) is 6.08 Å². The Bertz CT molecular complexity index is 337. The molecule has 1 aromatic rings. The van der Waals surface area contributed by atoms with E-state index < -0.39 is 0 Å². The first-order chi connectivity index (χ1) is 6.11. The minimum Gasteiger partial charge on any atom is -0.129 e. The van der Waals surface area contributed by atoms with E-state index in [0.29, 0.717) is 0 Å². The van der Waals surface area contributed by atoms with Gasteiger partial charge in [0, 0.05) is 4.90 Å². The van der Waals surface area contributed by atoms with Gasteiger partial charge >= 0.3 is 0 Å². The van der Waals surface area contributed by atoms with Crippen LogP contribution in [0.5, 0.6) is 0 Å². The van der Waals surface area contributed by atoms with Crippen molar-refractivity contribution in [3.63, 3.8) is 0 Å². The Hall–Kier alpha value is -0.690. The van der Waals surface area contributed by atoms with Gasteiger partial charge in [0.15, 0.2) is 0 Å². The molecule has 0 aromatic heterocycles. The monoisotopic (exact) mass is 192 g/mol. The summed E-state index contributed by atoms with van der Waals surface area (Å²) in [6.07, 6.45) is 4.05. The molecule has 0 unspecified atom stereocenters. The van der Waals surface area contributed by atoms with Crippen LogP contribution in [-0.4, -0.2) is 6.26 Å². The topological polar surface area (TPSA) is 0 Å². The molecule has 1 heteroatoms. The second kappa shape index (κ2) is 4.01. The summed E-state index contributed by atoms with van der Waals surface area (Å²) < 4.78 is 0. The molecular weight excluding hydrogens is 176 g/mol. The van der Waals surface area contributed by atoms with Crippen LogP contribution in [0.1, 0.15) is 22.3 Å². The summed E-state index contributed by atoms with van der Waals surface area (Å²) in [5.74, 6) is 0. The van der Waals surface area contributed by atoms with Crippen LogP contribution < -0.4 is 0 Å². The summed E-state index contributed by atoms with van der Waals surface area (Å²) in [6.45, 7) is 10.3. The van der Waals surface area contributed by atoms with Gasteiger partial charge in [-0.3, -0.25) is 0 Å². The molecule has 0 saturated carbocycles. The number of benzene rings is 1. The molecule has 70 valence electrons. The molecule has 0 atom stereocenters. The van der Waals surface area contributed by atoms with Crippen LogP contribution in [0.15, 0.2) is 17.5 Å². The molecule has 0 aliphatic rings. The molecule has 0 spiro atoms. The van der Waals surface area contributed by atoms with Crippen molar-refractivity contribution in [3.05, 3.63) is 34.9 Å². The predicted molar refractivity (Wildman–Crippen MR) is 62.5 cm³/mol. The summed E-state index contributed by atoms with van der Waals surface area (Å²) in [5.41, 5.74) is 5.40. The van der Waals surface area contributed by atoms with E-state index in [2.05, 4.69) is 39.7 Å². The van der Waals surface area contributed by atoms with Crippen LogP contribution in [0.2, 0.25) is 0 Å². The van der Waals surface area contributed by atoms with Gasteiger partial charge < -0.3 is 0 Å². The number of aryl methyl sites for hydroxylation is 1. The van der Waals surface area contributed by atoms with Crippen molar-refractivity contribution in [1.29, 1.82) is 0 Å². The molecule has 13 heavy (non-hydrogen) atoms. The fourth-order valence-corrected chi connectivity index (χ4v) is 2.35. The van der Waals surface area contributed by atoms with Crippen molar-refractivity contribution in [1.82, 2.24) is 0 Å². The average Bonchev–Trinajstić information content (AvgIpc) is 2.13. The van der Waals surface area contributed by atoms with Crippen molar-refractivity contribution < 1.29 is 0 Å².